The molecule has 0 aliphatic heterocycles. The van der Waals surface area contributed by atoms with Crippen molar-refractivity contribution in [3.63, 3.8) is 0 Å². The number of halogens is 3. The maximum atomic E-state index is 13.6. The number of pyridine rings is 1. The minimum absolute atomic E-state index is 0.0287. The number of hydrogen-bond acceptors (Lipinski definition) is 3. The smallest absolute Gasteiger partial charge is 0.263 e. The molecule has 0 saturated heterocycles. The highest BCUT2D eigenvalue weighted by Crippen LogP contribution is 2.21. The largest absolute Gasteiger partial charge is 0.265 e. The lowest BCUT2D eigenvalue weighted by Crippen LogP contribution is -2.16. The molecule has 2 rings (SSSR count). The zero-order valence-electron chi connectivity index (χ0n) is 10.2. The van der Waals surface area contributed by atoms with E-state index in [-0.39, 0.29) is 11.4 Å². The minimum Gasteiger partial charge on any atom is -0.263 e. The molecule has 20 heavy (non-hydrogen) atoms. The van der Waals surface area contributed by atoms with E-state index in [1.54, 1.807) is 0 Å². The summed E-state index contributed by atoms with van der Waals surface area (Å²) in [7, 11) is -4.32. The van der Waals surface area contributed by atoms with Gasteiger partial charge in [0.1, 0.15) is 22.3 Å². The summed E-state index contributed by atoms with van der Waals surface area (Å²) in [5.41, 5.74) is -0.0287. The molecule has 4 nitrogen and oxygen atoms in total. The first-order valence-electron chi connectivity index (χ1n) is 5.40. The molecule has 0 unspecified atom stereocenters. The maximum Gasteiger partial charge on any atom is 0.265 e. The number of nitrogens with one attached hydrogen (secondary N) is 1. The van der Waals surface area contributed by atoms with Gasteiger partial charge in [-0.1, -0.05) is 6.07 Å². The van der Waals surface area contributed by atoms with Crippen LogP contribution in [0, 0.1) is 24.5 Å². The van der Waals surface area contributed by atoms with Crippen molar-refractivity contribution in [2.75, 3.05) is 4.72 Å². The van der Waals surface area contributed by atoms with Gasteiger partial charge < -0.3 is 0 Å². The fraction of sp³-hybridized carbons (Fsp3) is 0.0833. The van der Waals surface area contributed by atoms with Gasteiger partial charge >= 0.3 is 0 Å². The molecule has 1 heterocycles. The monoisotopic (exact) mass is 302 g/mol. The Morgan fingerprint density at radius 3 is 2.45 bits per heavy atom. The molecule has 0 atom stereocenters. The van der Waals surface area contributed by atoms with E-state index in [0.29, 0.717) is 6.07 Å². The fourth-order valence-corrected chi connectivity index (χ4v) is 2.64. The van der Waals surface area contributed by atoms with Gasteiger partial charge in [-0.05, 0) is 30.7 Å². The summed E-state index contributed by atoms with van der Waals surface area (Å²) in [5, 5.41) is 0. The van der Waals surface area contributed by atoms with E-state index in [9.17, 15) is 21.6 Å². The van der Waals surface area contributed by atoms with Gasteiger partial charge in [-0.25, -0.2) is 22.2 Å². The Morgan fingerprint density at radius 1 is 1.10 bits per heavy atom. The molecule has 0 spiro atoms. The number of hydrogen-bond donors (Lipinski definition) is 1. The van der Waals surface area contributed by atoms with Gasteiger partial charge in [0.15, 0.2) is 0 Å². The molecular formula is C12H9F3N2O2S. The molecule has 0 bridgehead atoms. The predicted octanol–water partition coefficient (Wildman–Crippen LogP) is 2.61. The number of rotatable bonds is 3. The van der Waals surface area contributed by atoms with Crippen LogP contribution in [0.25, 0.3) is 0 Å². The van der Waals surface area contributed by atoms with Gasteiger partial charge in [-0.2, -0.15) is 4.39 Å². The maximum absolute atomic E-state index is 13.6. The summed E-state index contributed by atoms with van der Waals surface area (Å²) in [6.07, 6.45) is 0. The van der Waals surface area contributed by atoms with Crippen LogP contribution < -0.4 is 4.72 Å². The highest BCUT2D eigenvalue weighted by molar-refractivity contribution is 7.92. The van der Waals surface area contributed by atoms with Crippen LogP contribution in [0.15, 0.2) is 35.2 Å². The summed E-state index contributed by atoms with van der Waals surface area (Å²) >= 11 is 0. The van der Waals surface area contributed by atoms with E-state index >= 15 is 0 Å². The summed E-state index contributed by atoms with van der Waals surface area (Å²) in [6.45, 7) is 1.30. The van der Waals surface area contributed by atoms with Crippen molar-refractivity contribution < 1.29 is 21.6 Å². The Morgan fingerprint density at radius 2 is 1.80 bits per heavy atom. The number of aromatic nitrogens is 1. The Labute approximate surface area is 113 Å². The number of benzene rings is 1. The van der Waals surface area contributed by atoms with Gasteiger partial charge in [-0.3, -0.25) is 4.72 Å². The van der Waals surface area contributed by atoms with E-state index in [4.69, 9.17) is 0 Å². The lowest BCUT2D eigenvalue weighted by atomic mass is 10.2. The SMILES string of the molecule is Cc1cc(S(=O)(=O)Nc2cccc(F)n2)c(F)cc1F. The number of nitrogens with zero attached hydrogens (tertiary/aromatic N) is 1. The quantitative estimate of drug-likeness (QED) is 0.887. The van der Waals surface area contributed by atoms with Crippen molar-refractivity contribution in [3.05, 3.63) is 53.5 Å². The van der Waals surface area contributed by atoms with Crippen molar-refractivity contribution in [1.82, 2.24) is 4.98 Å². The highest BCUT2D eigenvalue weighted by atomic mass is 32.2. The van der Waals surface area contributed by atoms with Gasteiger partial charge in [0.2, 0.25) is 5.95 Å². The summed E-state index contributed by atoms with van der Waals surface area (Å²) in [5.74, 6) is -3.28. The molecule has 2 aromatic rings. The molecule has 8 heteroatoms. The molecule has 1 N–H and O–H groups in total. The first kappa shape index (κ1) is 14.3. The van der Waals surface area contributed by atoms with Gasteiger partial charge in [0, 0.05) is 6.07 Å². The van der Waals surface area contributed by atoms with Crippen LogP contribution in [-0.2, 0) is 10.0 Å². The average molecular weight is 302 g/mol. The summed E-state index contributed by atoms with van der Waals surface area (Å²) in [6, 6.07) is 4.80. The second-order valence-electron chi connectivity index (χ2n) is 3.98. The van der Waals surface area contributed by atoms with Crippen LogP contribution in [0.1, 0.15) is 5.56 Å². The first-order valence-corrected chi connectivity index (χ1v) is 6.89. The molecule has 106 valence electrons. The fourth-order valence-electron chi connectivity index (χ4n) is 1.49. The van der Waals surface area contributed by atoms with Crippen molar-refractivity contribution in [2.45, 2.75) is 11.8 Å². The van der Waals surface area contributed by atoms with Crippen molar-refractivity contribution in [2.24, 2.45) is 0 Å². The van der Waals surface area contributed by atoms with Crippen LogP contribution in [-0.4, -0.2) is 13.4 Å². The van der Waals surface area contributed by atoms with E-state index in [1.807, 2.05) is 4.72 Å². The molecule has 0 saturated carbocycles. The Kier molecular flexibility index (Phi) is 3.67. The van der Waals surface area contributed by atoms with Crippen LogP contribution in [0.5, 0.6) is 0 Å². The molecule has 0 aliphatic carbocycles. The molecule has 0 amide bonds. The third kappa shape index (κ3) is 2.90. The molecular weight excluding hydrogens is 293 g/mol. The summed E-state index contributed by atoms with van der Waals surface area (Å²) < 4.78 is 65.4. The Balaban J connectivity index is 2.43. The second kappa shape index (κ2) is 5.12. The van der Waals surface area contributed by atoms with E-state index in [1.165, 1.54) is 19.1 Å². The van der Waals surface area contributed by atoms with Crippen molar-refractivity contribution in [3.8, 4) is 0 Å². The Bertz CT molecular complexity index is 763. The third-order valence-electron chi connectivity index (χ3n) is 2.46. The van der Waals surface area contributed by atoms with Crippen molar-refractivity contribution in [1.29, 1.82) is 0 Å². The van der Waals surface area contributed by atoms with Crippen LogP contribution in [0.2, 0.25) is 0 Å². The first-order chi connectivity index (χ1) is 9.29. The van der Waals surface area contributed by atoms with E-state index in [0.717, 1.165) is 12.1 Å². The number of anilines is 1. The molecule has 0 radical (unpaired) electrons. The van der Waals surface area contributed by atoms with E-state index < -0.39 is 32.5 Å². The van der Waals surface area contributed by atoms with Gasteiger partial charge in [0.05, 0.1) is 0 Å². The summed E-state index contributed by atoms with van der Waals surface area (Å²) in [4.78, 5) is 2.57. The van der Waals surface area contributed by atoms with Crippen LogP contribution in [0.4, 0.5) is 19.0 Å². The minimum atomic E-state index is -4.32. The normalized spacial score (nSPS) is 11.4. The Hall–Kier alpha value is -2.09. The van der Waals surface area contributed by atoms with Crippen LogP contribution >= 0.6 is 0 Å². The standard InChI is InChI=1S/C12H9F3N2O2S/c1-7-5-10(9(14)6-8(7)13)20(18,19)17-12-4-2-3-11(15)16-12/h2-6H,1H3,(H,16,17). The third-order valence-corrected chi connectivity index (χ3v) is 3.83. The molecule has 1 aromatic heterocycles. The zero-order chi connectivity index (χ0) is 14.9. The lowest BCUT2D eigenvalue weighted by Gasteiger charge is -2.09. The number of aryl methyl sites for hydroxylation is 1. The predicted molar refractivity (Wildman–Crippen MR) is 66.1 cm³/mol. The second-order valence-corrected chi connectivity index (χ2v) is 5.63. The average Bonchev–Trinajstić information content (AvgIpc) is 2.33. The van der Waals surface area contributed by atoms with Gasteiger partial charge in [0.25, 0.3) is 10.0 Å². The molecule has 0 aliphatic rings. The number of sulfonamides is 1. The van der Waals surface area contributed by atoms with Crippen molar-refractivity contribution >= 4 is 15.8 Å². The zero-order valence-corrected chi connectivity index (χ0v) is 11.0. The topological polar surface area (TPSA) is 59.1 Å². The molecule has 0 fully saturated rings. The van der Waals surface area contributed by atoms with Crippen LogP contribution in [0.3, 0.4) is 0 Å². The molecule has 1 aromatic carbocycles. The van der Waals surface area contributed by atoms with E-state index in [2.05, 4.69) is 4.98 Å². The highest BCUT2D eigenvalue weighted by Gasteiger charge is 2.21. The lowest BCUT2D eigenvalue weighted by molar-refractivity contribution is 0.547. The van der Waals surface area contributed by atoms with Gasteiger partial charge in [-0.15, -0.1) is 0 Å².